The molecule has 0 spiro atoms. The maximum atomic E-state index is 5.88. The molecule has 5 heteroatoms. The van der Waals surface area contributed by atoms with Gasteiger partial charge in [0.05, 0.1) is 6.61 Å². The van der Waals surface area contributed by atoms with Gasteiger partial charge >= 0.3 is 0 Å². The highest BCUT2D eigenvalue weighted by Crippen LogP contribution is 2.46. The Hall–Kier alpha value is -0.200. The van der Waals surface area contributed by atoms with Crippen LogP contribution < -0.4 is 0 Å². The van der Waals surface area contributed by atoms with Crippen LogP contribution in [0.15, 0.2) is 0 Å². The van der Waals surface area contributed by atoms with E-state index in [4.69, 9.17) is 23.7 Å². The van der Waals surface area contributed by atoms with Crippen LogP contribution in [-0.2, 0) is 23.7 Å². The number of ether oxygens (including phenoxy) is 5. The van der Waals surface area contributed by atoms with E-state index in [0.29, 0.717) is 6.61 Å². The summed E-state index contributed by atoms with van der Waals surface area (Å²) in [6.45, 7) is 11.9. The molecule has 3 aliphatic heterocycles. The van der Waals surface area contributed by atoms with Gasteiger partial charge in [0.1, 0.15) is 18.3 Å². The number of hydrogen-bond acceptors (Lipinski definition) is 5. The Morgan fingerprint density at radius 2 is 1.71 bits per heavy atom. The van der Waals surface area contributed by atoms with Crippen molar-refractivity contribution in [2.75, 3.05) is 6.61 Å². The number of fused-ring (bicyclic) bond motifs is 3. The van der Waals surface area contributed by atoms with Gasteiger partial charge in [0.2, 0.25) is 5.79 Å². The van der Waals surface area contributed by atoms with Gasteiger partial charge in [-0.15, -0.1) is 0 Å². The Morgan fingerprint density at radius 1 is 1.00 bits per heavy atom. The fraction of sp³-hybridized carbons (Fsp3) is 0.917. The average molecular weight is 243 g/mol. The second-order valence-corrected chi connectivity index (χ2v) is 5.80. The van der Waals surface area contributed by atoms with Crippen molar-refractivity contribution in [2.24, 2.45) is 0 Å². The van der Waals surface area contributed by atoms with Crippen molar-refractivity contribution in [3.63, 3.8) is 0 Å². The Bertz CT molecular complexity index is 340. The van der Waals surface area contributed by atoms with Crippen molar-refractivity contribution in [1.82, 2.24) is 0 Å². The van der Waals surface area contributed by atoms with E-state index >= 15 is 0 Å². The van der Waals surface area contributed by atoms with Crippen LogP contribution in [0.5, 0.6) is 0 Å². The van der Waals surface area contributed by atoms with Crippen LogP contribution in [0.2, 0.25) is 0 Å². The van der Waals surface area contributed by atoms with Gasteiger partial charge in [-0.1, -0.05) is 0 Å². The predicted octanol–water partition coefficient (Wildman–Crippen LogP) is 1.22. The monoisotopic (exact) mass is 243 g/mol. The molecule has 0 aromatic rings. The van der Waals surface area contributed by atoms with Crippen LogP contribution in [0.25, 0.3) is 0 Å². The molecular formula is C12H19O5. The third kappa shape index (κ3) is 1.81. The highest BCUT2D eigenvalue weighted by atomic mass is 16.9. The van der Waals surface area contributed by atoms with Gasteiger partial charge in [-0.2, -0.15) is 0 Å². The summed E-state index contributed by atoms with van der Waals surface area (Å²) in [6, 6.07) is 0. The minimum Gasteiger partial charge on any atom is -0.344 e. The van der Waals surface area contributed by atoms with Crippen LogP contribution >= 0.6 is 0 Å². The second-order valence-electron chi connectivity index (χ2n) is 5.80. The Morgan fingerprint density at radius 3 is 2.41 bits per heavy atom. The van der Waals surface area contributed by atoms with Crippen LogP contribution in [0.1, 0.15) is 27.7 Å². The van der Waals surface area contributed by atoms with Crippen molar-refractivity contribution in [3.05, 3.63) is 6.92 Å². The van der Waals surface area contributed by atoms with E-state index < -0.39 is 17.4 Å². The molecule has 4 atom stereocenters. The maximum Gasteiger partial charge on any atom is 0.200 e. The van der Waals surface area contributed by atoms with Crippen molar-refractivity contribution in [2.45, 2.75) is 63.4 Å². The predicted molar refractivity (Wildman–Crippen MR) is 57.9 cm³/mol. The summed E-state index contributed by atoms with van der Waals surface area (Å²) in [7, 11) is 0. The summed E-state index contributed by atoms with van der Waals surface area (Å²) in [5, 5.41) is 0. The van der Waals surface area contributed by atoms with E-state index in [2.05, 4.69) is 6.92 Å². The fourth-order valence-corrected chi connectivity index (χ4v) is 2.79. The minimum atomic E-state index is -0.992. The molecular weight excluding hydrogens is 224 g/mol. The third-order valence-electron chi connectivity index (χ3n) is 3.27. The molecule has 0 aliphatic carbocycles. The Kier molecular flexibility index (Phi) is 2.25. The summed E-state index contributed by atoms with van der Waals surface area (Å²) in [5.41, 5.74) is 0. The first-order chi connectivity index (χ1) is 7.71. The highest BCUT2D eigenvalue weighted by Gasteiger charge is 2.63. The second kappa shape index (κ2) is 3.22. The molecule has 0 aromatic carbocycles. The third-order valence-corrected chi connectivity index (χ3v) is 3.27. The molecule has 3 saturated heterocycles. The molecule has 3 fully saturated rings. The van der Waals surface area contributed by atoms with Gasteiger partial charge < -0.3 is 23.7 Å². The lowest BCUT2D eigenvalue weighted by molar-refractivity contribution is -0.255. The first kappa shape index (κ1) is 11.9. The van der Waals surface area contributed by atoms with Crippen molar-refractivity contribution in [1.29, 1.82) is 0 Å². The summed E-state index contributed by atoms with van der Waals surface area (Å²) >= 11 is 0. The largest absolute Gasteiger partial charge is 0.344 e. The van der Waals surface area contributed by atoms with Gasteiger partial charge in [-0.3, -0.25) is 0 Å². The lowest BCUT2D eigenvalue weighted by Crippen LogP contribution is -2.56. The van der Waals surface area contributed by atoms with Gasteiger partial charge in [0, 0.05) is 6.92 Å². The van der Waals surface area contributed by atoms with Gasteiger partial charge in [0.15, 0.2) is 11.6 Å². The summed E-state index contributed by atoms with van der Waals surface area (Å²) in [4.78, 5) is 0. The average Bonchev–Trinajstić information content (AvgIpc) is 2.57. The van der Waals surface area contributed by atoms with E-state index in [1.54, 1.807) is 0 Å². The van der Waals surface area contributed by atoms with Crippen LogP contribution in [-0.4, -0.2) is 42.3 Å². The normalized spacial score (nSPS) is 51.0. The fourth-order valence-electron chi connectivity index (χ4n) is 2.79. The van der Waals surface area contributed by atoms with Crippen LogP contribution in [0, 0.1) is 6.92 Å². The van der Waals surface area contributed by atoms with Gasteiger partial charge in [-0.25, -0.2) is 0 Å². The lowest BCUT2D eigenvalue weighted by atomic mass is 9.98. The molecule has 17 heavy (non-hydrogen) atoms. The summed E-state index contributed by atoms with van der Waals surface area (Å²) in [5.74, 6) is -2.31. The van der Waals surface area contributed by atoms with Gasteiger partial charge in [-0.05, 0) is 27.7 Å². The van der Waals surface area contributed by atoms with Crippen LogP contribution in [0.4, 0.5) is 0 Å². The van der Waals surface area contributed by atoms with E-state index in [0.717, 1.165) is 0 Å². The Balaban J connectivity index is 1.88. The number of hydrogen-bond donors (Lipinski definition) is 0. The molecule has 1 radical (unpaired) electrons. The van der Waals surface area contributed by atoms with Crippen molar-refractivity contribution < 1.29 is 23.7 Å². The van der Waals surface area contributed by atoms with Crippen LogP contribution in [0.3, 0.4) is 0 Å². The molecule has 0 bridgehead atoms. The zero-order chi connectivity index (χ0) is 12.5. The van der Waals surface area contributed by atoms with Crippen molar-refractivity contribution >= 4 is 0 Å². The SMILES string of the molecule is [CH2][C@@]12OC[C@H]3OC(C)(C)O[C@H]3[C@@H]1OC(C)(C)O2. The molecule has 0 aromatic heterocycles. The standard InChI is InChI=1S/C12H19O5/c1-10(2)14-7-6-13-12(5)9(8(7)15-10)16-11(3,4)17-12/h7-9H,5-6H2,1-4H3/t7-,8-,9+,12+/m1/s1. The molecule has 5 nitrogen and oxygen atoms in total. The Labute approximate surface area is 101 Å². The quantitative estimate of drug-likeness (QED) is 0.640. The molecule has 3 aliphatic rings. The van der Waals surface area contributed by atoms with Gasteiger partial charge in [0.25, 0.3) is 0 Å². The highest BCUT2D eigenvalue weighted by molar-refractivity contribution is 5.04. The topological polar surface area (TPSA) is 46.2 Å². The van der Waals surface area contributed by atoms with E-state index in [1.807, 2.05) is 27.7 Å². The molecule has 97 valence electrons. The molecule has 0 saturated carbocycles. The van der Waals surface area contributed by atoms with E-state index in [1.165, 1.54) is 0 Å². The smallest absolute Gasteiger partial charge is 0.200 e. The first-order valence-electron chi connectivity index (χ1n) is 5.94. The molecule has 3 heterocycles. The zero-order valence-corrected chi connectivity index (χ0v) is 10.7. The lowest BCUT2D eigenvalue weighted by Gasteiger charge is -2.38. The molecule has 3 rings (SSSR count). The summed E-state index contributed by atoms with van der Waals surface area (Å²) < 4.78 is 28.9. The molecule has 0 amide bonds. The van der Waals surface area contributed by atoms with E-state index in [9.17, 15) is 0 Å². The van der Waals surface area contributed by atoms with Crippen molar-refractivity contribution in [3.8, 4) is 0 Å². The van der Waals surface area contributed by atoms with E-state index in [-0.39, 0.29) is 18.3 Å². The zero-order valence-electron chi connectivity index (χ0n) is 10.7. The molecule has 0 N–H and O–H groups in total. The first-order valence-corrected chi connectivity index (χ1v) is 5.94. The number of rotatable bonds is 0. The maximum absolute atomic E-state index is 5.88. The summed E-state index contributed by atoms with van der Waals surface area (Å²) in [6.07, 6.45) is -0.682. The minimum absolute atomic E-state index is 0.123. The molecule has 0 unspecified atom stereocenters.